The first-order valence-corrected chi connectivity index (χ1v) is 12.3. The molecule has 2 aliphatic heterocycles. The van der Waals surface area contributed by atoms with E-state index in [1.54, 1.807) is 4.68 Å². The first-order chi connectivity index (χ1) is 16.7. The number of fused-ring (bicyclic) bond motifs is 2. The van der Waals surface area contributed by atoms with Crippen LogP contribution in [0.5, 0.6) is 0 Å². The third-order valence-electron chi connectivity index (χ3n) is 7.38. The summed E-state index contributed by atoms with van der Waals surface area (Å²) in [5, 5.41) is 5.58. The number of aromatic nitrogens is 3. The lowest BCUT2D eigenvalue weighted by molar-refractivity contribution is 0.202. The molecule has 0 spiro atoms. The van der Waals surface area contributed by atoms with Crippen molar-refractivity contribution in [2.24, 2.45) is 0 Å². The van der Waals surface area contributed by atoms with Crippen LogP contribution >= 0.6 is 0 Å². The van der Waals surface area contributed by atoms with Gasteiger partial charge >= 0.3 is 5.69 Å². The van der Waals surface area contributed by atoms with Gasteiger partial charge in [-0.2, -0.15) is 5.10 Å². The fraction of sp³-hybridized carbons (Fsp3) is 0.407. The highest BCUT2D eigenvalue weighted by Gasteiger charge is 2.28. The number of nitrogens with zero attached hydrogens (tertiary/aromatic N) is 4. The molecule has 7 heteroatoms. The van der Waals surface area contributed by atoms with Gasteiger partial charge in [0.15, 0.2) is 0 Å². The normalized spacial score (nSPS) is 17.3. The van der Waals surface area contributed by atoms with Gasteiger partial charge in [-0.1, -0.05) is 30.3 Å². The number of likely N-dealkylation sites (tertiary alicyclic amines) is 1. The Labute approximate surface area is 197 Å². The third-order valence-corrected chi connectivity index (χ3v) is 7.38. The Balaban J connectivity index is 1.19. The van der Waals surface area contributed by atoms with Gasteiger partial charge in [0.1, 0.15) is 23.0 Å². The van der Waals surface area contributed by atoms with Crippen LogP contribution in [0, 0.1) is 5.82 Å². The molecule has 2 aromatic carbocycles. The van der Waals surface area contributed by atoms with E-state index in [4.69, 9.17) is 4.42 Å². The zero-order chi connectivity index (χ0) is 23.1. The molecule has 176 valence electrons. The zero-order valence-corrected chi connectivity index (χ0v) is 19.3. The van der Waals surface area contributed by atoms with Crippen LogP contribution in [0.15, 0.2) is 57.7 Å². The number of aryl methyl sites for hydroxylation is 1. The summed E-state index contributed by atoms with van der Waals surface area (Å²) in [5.74, 6) is 1.86. The van der Waals surface area contributed by atoms with Crippen molar-refractivity contribution in [3.8, 4) is 11.3 Å². The molecular weight excluding hydrogens is 431 g/mol. The highest BCUT2D eigenvalue weighted by Crippen LogP contribution is 2.42. The Kier molecular flexibility index (Phi) is 5.57. The molecule has 1 fully saturated rings. The quantitative estimate of drug-likeness (QED) is 0.429. The fourth-order valence-electron chi connectivity index (χ4n) is 5.58. The summed E-state index contributed by atoms with van der Waals surface area (Å²) in [6.45, 7) is 4.16. The maximum Gasteiger partial charge on any atom is 0.345 e. The highest BCUT2D eigenvalue weighted by molar-refractivity contribution is 5.88. The molecule has 2 aliphatic rings. The topological polar surface area (TPSA) is 56.2 Å². The molecule has 4 aromatic rings. The number of furan rings is 1. The van der Waals surface area contributed by atoms with Crippen LogP contribution < -0.4 is 5.69 Å². The van der Waals surface area contributed by atoms with Gasteiger partial charge in [0.25, 0.3) is 0 Å². The molecular formula is C27H29FN4O2. The average molecular weight is 461 g/mol. The largest absolute Gasteiger partial charge is 0.456 e. The predicted molar refractivity (Wildman–Crippen MR) is 129 cm³/mol. The Morgan fingerprint density at radius 1 is 1.00 bits per heavy atom. The van der Waals surface area contributed by atoms with Crippen LogP contribution in [0.25, 0.3) is 22.3 Å². The van der Waals surface area contributed by atoms with Gasteiger partial charge in [0.05, 0.1) is 6.54 Å². The Hall–Kier alpha value is -3.19. The van der Waals surface area contributed by atoms with Crippen molar-refractivity contribution in [1.29, 1.82) is 0 Å². The van der Waals surface area contributed by atoms with Crippen LogP contribution in [0.2, 0.25) is 0 Å². The Bertz CT molecular complexity index is 1360. The van der Waals surface area contributed by atoms with Crippen LogP contribution in [0.3, 0.4) is 0 Å². The van der Waals surface area contributed by atoms with Crippen molar-refractivity contribution in [2.75, 3.05) is 19.6 Å². The summed E-state index contributed by atoms with van der Waals surface area (Å²) in [4.78, 5) is 15.0. The van der Waals surface area contributed by atoms with Gasteiger partial charge in [0.2, 0.25) is 0 Å². The van der Waals surface area contributed by atoms with Crippen molar-refractivity contribution in [2.45, 2.75) is 51.1 Å². The Morgan fingerprint density at radius 2 is 1.82 bits per heavy atom. The SMILES string of the molecule is O=c1n(CCN2CCC(c3c(-c4ccccc4)oc4cc(F)ccc34)CC2)nc2n1CCCC2. The Morgan fingerprint density at radius 3 is 2.62 bits per heavy atom. The van der Waals surface area contributed by atoms with Gasteiger partial charge in [-0.15, -0.1) is 0 Å². The van der Waals surface area contributed by atoms with Gasteiger partial charge in [-0.05, 0) is 56.8 Å². The number of piperidine rings is 1. The fourth-order valence-corrected chi connectivity index (χ4v) is 5.58. The van der Waals surface area contributed by atoms with E-state index in [1.807, 2.05) is 28.8 Å². The van der Waals surface area contributed by atoms with E-state index in [1.165, 1.54) is 17.7 Å². The molecule has 0 amide bonds. The van der Waals surface area contributed by atoms with Crippen molar-refractivity contribution >= 4 is 11.0 Å². The van der Waals surface area contributed by atoms with E-state index in [0.717, 1.165) is 80.8 Å². The van der Waals surface area contributed by atoms with Crippen molar-refractivity contribution in [1.82, 2.24) is 19.2 Å². The number of hydrogen-bond donors (Lipinski definition) is 0. The van der Waals surface area contributed by atoms with E-state index in [2.05, 4.69) is 22.1 Å². The van der Waals surface area contributed by atoms with E-state index in [-0.39, 0.29) is 11.5 Å². The van der Waals surface area contributed by atoms with Crippen molar-refractivity contribution in [3.05, 3.63) is 76.2 Å². The molecule has 0 radical (unpaired) electrons. The first kappa shape index (κ1) is 21.4. The standard InChI is InChI=1S/C27H29FN4O2/c28-21-9-10-22-23(18-21)34-26(20-6-2-1-3-7-20)25(22)19-11-14-30(15-12-19)16-17-32-27(33)31-13-5-4-8-24(31)29-32/h1-3,6-7,9-10,18-19H,4-5,8,11-17H2. The molecule has 0 unspecified atom stereocenters. The summed E-state index contributed by atoms with van der Waals surface area (Å²) in [6, 6.07) is 15.0. The van der Waals surface area contributed by atoms with E-state index >= 15 is 0 Å². The van der Waals surface area contributed by atoms with Gasteiger partial charge < -0.3 is 9.32 Å². The van der Waals surface area contributed by atoms with E-state index < -0.39 is 0 Å². The smallest absolute Gasteiger partial charge is 0.345 e. The minimum absolute atomic E-state index is 0.0363. The highest BCUT2D eigenvalue weighted by atomic mass is 19.1. The number of rotatable bonds is 5. The molecule has 2 aromatic heterocycles. The minimum atomic E-state index is -0.279. The molecule has 0 aliphatic carbocycles. The molecule has 0 saturated carbocycles. The van der Waals surface area contributed by atoms with Gasteiger partial charge in [0, 0.05) is 42.1 Å². The molecule has 6 rings (SSSR count). The molecule has 4 heterocycles. The number of hydrogen-bond acceptors (Lipinski definition) is 4. The summed E-state index contributed by atoms with van der Waals surface area (Å²) >= 11 is 0. The lowest BCUT2D eigenvalue weighted by Crippen LogP contribution is -2.37. The summed E-state index contributed by atoms with van der Waals surface area (Å²) in [6.07, 6.45) is 5.08. The summed E-state index contributed by atoms with van der Waals surface area (Å²) in [5.41, 5.74) is 2.87. The van der Waals surface area contributed by atoms with E-state index in [9.17, 15) is 9.18 Å². The second-order valence-electron chi connectivity index (χ2n) is 9.50. The van der Waals surface area contributed by atoms with Crippen LogP contribution in [0.4, 0.5) is 4.39 Å². The maximum absolute atomic E-state index is 13.9. The molecule has 0 N–H and O–H groups in total. The monoisotopic (exact) mass is 460 g/mol. The van der Waals surface area contributed by atoms with Crippen molar-refractivity contribution in [3.63, 3.8) is 0 Å². The predicted octanol–water partition coefficient (Wildman–Crippen LogP) is 4.81. The van der Waals surface area contributed by atoms with Gasteiger partial charge in [-0.3, -0.25) is 4.57 Å². The maximum atomic E-state index is 13.9. The molecule has 0 atom stereocenters. The first-order valence-electron chi connectivity index (χ1n) is 12.3. The van der Waals surface area contributed by atoms with Crippen LogP contribution in [-0.4, -0.2) is 38.9 Å². The molecule has 6 nitrogen and oxygen atoms in total. The molecule has 34 heavy (non-hydrogen) atoms. The molecule has 1 saturated heterocycles. The summed E-state index contributed by atoms with van der Waals surface area (Å²) < 4.78 is 23.6. The number of benzene rings is 2. The van der Waals surface area contributed by atoms with E-state index in [0.29, 0.717) is 18.0 Å². The lowest BCUT2D eigenvalue weighted by atomic mass is 9.86. The van der Waals surface area contributed by atoms with Crippen LogP contribution in [0.1, 0.15) is 43.0 Å². The third kappa shape index (κ3) is 3.88. The van der Waals surface area contributed by atoms with Gasteiger partial charge in [-0.25, -0.2) is 13.9 Å². The summed E-state index contributed by atoms with van der Waals surface area (Å²) in [7, 11) is 0. The average Bonchev–Trinajstić information content (AvgIpc) is 3.41. The second-order valence-corrected chi connectivity index (χ2v) is 9.50. The lowest BCUT2D eigenvalue weighted by Gasteiger charge is -2.32. The van der Waals surface area contributed by atoms with Crippen molar-refractivity contribution < 1.29 is 8.81 Å². The minimum Gasteiger partial charge on any atom is -0.456 e. The molecule has 0 bridgehead atoms. The number of halogens is 1. The second kappa shape index (κ2) is 8.87. The zero-order valence-electron chi connectivity index (χ0n) is 19.3. The van der Waals surface area contributed by atoms with Crippen LogP contribution in [-0.2, 0) is 19.5 Å².